The molecule has 0 amide bonds. The molecule has 1 heterocycles. The van der Waals surface area contributed by atoms with Crippen LogP contribution in [0.3, 0.4) is 0 Å². The van der Waals surface area contributed by atoms with Crippen molar-refractivity contribution < 1.29 is 0 Å². The van der Waals surface area contributed by atoms with Crippen LogP contribution in [0.2, 0.25) is 5.02 Å². The second-order valence-electron chi connectivity index (χ2n) is 5.53. The van der Waals surface area contributed by atoms with Crippen LogP contribution >= 0.6 is 11.6 Å². The molecule has 1 saturated heterocycles. The van der Waals surface area contributed by atoms with Crippen LogP contribution in [0.25, 0.3) is 0 Å². The van der Waals surface area contributed by atoms with E-state index < -0.39 is 0 Å². The normalized spacial score (nSPS) is 19.5. The van der Waals surface area contributed by atoms with Crippen LogP contribution in [0.15, 0.2) is 24.3 Å². The van der Waals surface area contributed by atoms with Gasteiger partial charge >= 0.3 is 0 Å². The third-order valence-corrected chi connectivity index (χ3v) is 4.33. The molecular weight excluding hydrogens is 256 g/mol. The van der Waals surface area contributed by atoms with Gasteiger partial charge in [-0.2, -0.15) is 0 Å². The maximum Gasteiger partial charge on any atom is 0.0453 e. The van der Waals surface area contributed by atoms with Gasteiger partial charge in [-0.3, -0.25) is 0 Å². The Balaban J connectivity index is 1.84. The van der Waals surface area contributed by atoms with Crippen molar-refractivity contribution in [3.05, 3.63) is 34.9 Å². The number of nitrogens with zero attached hydrogens (tertiary/aromatic N) is 1. The summed E-state index contributed by atoms with van der Waals surface area (Å²) in [6.07, 6.45) is 3.75. The Kier molecular flexibility index (Phi) is 5.68. The molecule has 1 aromatic carbocycles. The summed E-state index contributed by atoms with van der Waals surface area (Å²) in [7, 11) is 0. The minimum atomic E-state index is 0.330. The van der Waals surface area contributed by atoms with Crippen molar-refractivity contribution in [3.8, 4) is 0 Å². The number of hydrogen-bond acceptors (Lipinski definition) is 2. The minimum Gasteiger partial charge on any atom is -0.307 e. The summed E-state index contributed by atoms with van der Waals surface area (Å²) >= 11 is 6.25. The Morgan fingerprint density at radius 1 is 1.32 bits per heavy atom. The van der Waals surface area contributed by atoms with Crippen molar-refractivity contribution in [2.24, 2.45) is 0 Å². The van der Waals surface area contributed by atoms with Gasteiger partial charge in [0.1, 0.15) is 0 Å². The molecule has 1 atom stereocenters. The van der Waals surface area contributed by atoms with Gasteiger partial charge in [0.05, 0.1) is 0 Å². The molecular formula is C16H25ClN2. The van der Waals surface area contributed by atoms with Crippen LogP contribution in [0.4, 0.5) is 0 Å². The molecule has 106 valence electrons. The Morgan fingerprint density at radius 2 is 2.00 bits per heavy atom. The van der Waals surface area contributed by atoms with Crippen LogP contribution in [-0.2, 0) is 0 Å². The maximum atomic E-state index is 6.25. The van der Waals surface area contributed by atoms with Crippen molar-refractivity contribution in [3.63, 3.8) is 0 Å². The fourth-order valence-corrected chi connectivity index (χ4v) is 3.21. The number of likely N-dealkylation sites (tertiary alicyclic amines) is 1. The van der Waals surface area contributed by atoms with E-state index in [1.54, 1.807) is 0 Å². The predicted molar refractivity (Wildman–Crippen MR) is 82.8 cm³/mol. The number of hydrogen-bond donors (Lipinski definition) is 1. The van der Waals surface area contributed by atoms with E-state index in [1.807, 2.05) is 12.1 Å². The second kappa shape index (κ2) is 7.28. The summed E-state index contributed by atoms with van der Waals surface area (Å²) < 4.78 is 0. The highest BCUT2D eigenvalue weighted by atomic mass is 35.5. The molecule has 2 rings (SSSR count). The highest BCUT2D eigenvalue weighted by Crippen LogP contribution is 2.24. The Bertz CT molecular complexity index is 386. The lowest BCUT2D eigenvalue weighted by Gasteiger charge is -2.34. The molecule has 3 heteroatoms. The topological polar surface area (TPSA) is 15.3 Å². The summed E-state index contributed by atoms with van der Waals surface area (Å²) in [5.74, 6) is 0. The number of halogens is 1. The molecule has 0 radical (unpaired) electrons. The van der Waals surface area contributed by atoms with Gasteiger partial charge in [0.15, 0.2) is 0 Å². The molecule has 0 unspecified atom stereocenters. The Hall–Kier alpha value is -0.570. The van der Waals surface area contributed by atoms with Crippen molar-refractivity contribution in [1.29, 1.82) is 0 Å². The van der Waals surface area contributed by atoms with Gasteiger partial charge in [-0.25, -0.2) is 0 Å². The summed E-state index contributed by atoms with van der Waals surface area (Å²) in [4.78, 5) is 2.57. The molecule has 0 spiro atoms. The third-order valence-electron chi connectivity index (χ3n) is 3.98. The lowest BCUT2D eigenvalue weighted by Crippen LogP contribution is -2.43. The Labute approximate surface area is 122 Å². The van der Waals surface area contributed by atoms with E-state index in [9.17, 15) is 0 Å². The lowest BCUT2D eigenvalue weighted by molar-refractivity contribution is 0.192. The van der Waals surface area contributed by atoms with E-state index in [0.29, 0.717) is 12.1 Å². The number of benzene rings is 1. The first-order valence-electron chi connectivity index (χ1n) is 7.43. The standard InChI is InChI=1S/C16H25ClN2/c1-3-10-19-11-8-14(9-12-19)18-13(2)15-6-4-5-7-16(15)17/h4-7,13-14,18H,3,8-12H2,1-2H3/t13-/m1/s1. The van der Waals surface area contributed by atoms with Crippen LogP contribution in [0.5, 0.6) is 0 Å². The number of piperidine rings is 1. The van der Waals surface area contributed by atoms with Crippen molar-refractivity contribution in [2.45, 2.75) is 45.2 Å². The Morgan fingerprint density at radius 3 is 2.63 bits per heavy atom. The zero-order valence-corrected chi connectivity index (χ0v) is 12.8. The molecule has 0 saturated carbocycles. The fraction of sp³-hybridized carbons (Fsp3) is 0.625. The lowest BCUT2D eigenvalue weighted by atomic mass is 10.0. The summed E-state index contributed by atoms with van der Waals surface area (Å²) in [6.45, 7) is 8.15. The first kappa shape index (κ1) is 14.8. The van der Waals surface area contributed by atoms with Crippen LogP contribution in [0.1, 0.15) is 44.7 Å². The van der Waals surface area contributed by atoms with Crippen molar-refractivity contribution >= 4 is 11.6 Å². The first-order valence-corrected chi connectivity index (χ1v) is 7.81. The van der Waals surface area contributed by atoms with E-state index in [0.717, 1.165) is 5.02 Å². The van der Waals surface area contributed by atoms with Gasteiger partial charge in [0.25, 0.3) is 0 Å². The molecule has 2 nitrogen and oxygen atoms in total. The quantitative estimate of drug-likeness (QED) is 0.881. The average molecular weight is 281 g/mol. The molecule has 19 heavy (non-hydrogen) atoms. The SMILES string of the molecule is CCCN1CCC(N[C@H](C)c2ccccc2Cl)CC1. The zero-order valence-electron chi connectivity index (χ0n) is 12.0. The van der Waals surface area contributed by atoms with Gasteiger partial charge in [-0.1, -0.05) is 36.7 Å². The predicted octanol–water partition coefficient (Wildman–Crippen LogP) is 3.87. The molecule has 1 fully saturated rings. The van der Waals surface area contributed by atoms with Gasteiger partial charge in [0.2, 0.25) is 0 Å². The fourth-order valence-electron chi connectivity index (χ4n) is 2.91. The van der Waals surface area contributed by atoms with E-state index in [-0.39, 0.29) is 0 Å². The third kappa shape index (κ3) is 4.20. The molecule has 0 bridgehead atoms. The zero-order chi connectivity index (χ0) is 13.7. The van der Waals surface area contributed by atoms with E-state index >= 15 is 0 Å². The average Bonchev–Trinajstić information content (AvgIpc) is 2.42. The van der Waals surface area contributed by atoms with Crippen LogP contribution in [0, 0.1) is 0 Å². The minimum absolute atomic E-state index is 0.330. The number of nitrogens with one attached hydrogen (secondary N) is 1. The van der Waals surface area contributed by atoms with Gasteiger partial charge in [-0.15, -0.1) is 0 Å². The highest BCUT2D eigenvalue weighted by molar-refractivity contribution is 6.31. The van der Waals surface area contributed by atoms with Gasteiger partial charge in [-0.05, 0) is 57.5 Å². The monoisotopic (exact) mass is 280 g/mol. The largest absolute Gasteiger partial charge is 0.307 e. The van der Waals surface area contributed by atoms with Crippen LogP contribution in [-0.4, -0.2) is 30.6 Å². The summed E-state index contributed by atoms with van der Waals surface area (Å²) in [5, 5.41) is 4.59. The summed E-state index contributed by atoms with van der Waals surface area (Å²) in [6, 6.07) is 9.09. The molecule has 1 aromatic rings. The molecule has 0 aromatic heterocycles. The number of rotatable bonds is 5. The smallest absolute Gasteiger partial charge is 0.0453 e. The maximum absolute atomic E-state index is 6.25. The van der Waals surface area contributed by atoms with E-state index in [1.165, 1.54) is 44.5 Å². The van der Waals surface area contributed by atoms with E-state index in [4.69, 9.17) is 11.6 Å². The molecule has 1 aliphatic heterocycles. The highest BCUT2D eigenvalue weighted by Gasteiger charge is 2.20. The second-order valence-corrected chi connectivity index (χ2v) is 5.93. The van der Waals surface area contributed by atoms with Crippen LogP contribution < -0.4 is 5.32 Å². The van der Waals surface area contributed by atoms with Crippen molar-refractivity contribution in [2.75, 3.05) is 19.6 Å². The molecule has 0 aliphatic carbocycles. The van der Waals surface area contributed by atoms with Crippen molar-refractivity contribution in [1.82, 2.24) is 10.2 Å². The van der Waals surface area contributed by atoms with E-state index in [2.05, 4.69) is 36.2 Å². The van der Waals surface area contributed by atoms with Gasteiger partial charge in [0, 0.05) is 17.1 Å². The molecule has 1 aliphatic rings. The van der Waals surface area contributed by atoms with Gasteiger partial charge < -0.3 is 10.2 Å². The molecule has 1 N–H and O–H groups in total. The summed E-state index contributed by atoms with van der Waals surface area (Å²) in [5.41, 5.74) is 1.21. The first-order chi connectivity index (χ1) is 9.20.